The van der Waals surface area contributed by atoms with E-state index < -0.39 is 0 Å². The van der Waals surface area contributed by atoms with Crippen molar-refractivity contribution in [3.63, 3.8) is 0 Å². The molecule has 150 valence electrons. The standard InChI is InChI=1S/C21H26ClN3O3/c1-15(12-16-4-3-5-18(13-16)27-2)23-21(26)24-19-14-17(22)6-7-20(19)25-8-10-28-11-9-25/h3-7,13-15H,8-12H2,1-2H3,(H2,23,24,26). The Balaban J connectivity index is 1.63. The van der Waals surface area contributed by atoms with Crippen molar-refractivity contribution in [2.24, 2.45) is 0 Å². The van der Waals surface area contributed by atoms with Crippen molar-refractivity contribution in [3.8, 4) is 5.75 Å². The Hall–Kier alpha value is -2.44. The van der Waals surface area contributed by atoms with Crippen LogP contribution < -0.4 is 20.3 Å². The number of rotatable bonds is 6. The Morgan fingerprint density at radius 2 is 2.04 bits per heavy atom. The first-order valence-electron chi connectivity index (χ1n) is 9.38. The highest BCUT2D eigenvalue weighted by Gasteiger charge is 2.17. The number of morpholine rings is 1. The van der Waals surface area contributed by atoms with Crippen molar-refractivity contribution in [2.75, 3.05) is 43.6 Å². The van der Waals surface area contributed by atoms with Gasteiger partial charge in [0.15, 0.2) is 0 Å². The van der Waals surface area contributed by atoms with Gasteiger partial charge < -0.3 is 25.0 Å². The van der Waals surface area contributed by atoms with Crippen molar-refractivity contribution in [2.45, 2.75) is 19.4 Å². The molecule has 0 bridgehead atoms. The Morgan fingerprint density at radius 3 is 2.79 bits per heavy atom. The largest absolute Gasteiger partial charge is 0.497 e. The molecule has 0 saturated carbocycles. The molecule has 0 aromatic heterocycles. The second kappa shape index (κ2) is 9.66. The van der Waals surface area contributed by atoms with Crippen LogP contribution in [0.4, 0.5) is 16.2 Å². The monoisotopic (exact) mass is 403 g/mol. The summed E-state index contributed by atoms with van der Waals surface area (Å²) < 4.78 is 10.7. The van der Waals surface area contributed by atoms with Crippen molar-refractivity contribution in [1.29, 1.82) is 0 Å². The summed E-state index contributed by atoms with van der Waals surface area (Å²) in [7, 11) is 1.64. The van der Waals surface area contributed by atoms with E-state index in [2.05, 4.69) is 15.5 Å². The molecular weight excluding hydrogens is 378 g/mol. The molecule has 7 heteroatoms. The Morgan fingerprint density at radius 1 is 1.25 bits per heavy atom. The highest BCUT2D eigenvalue weighted by molar-refractivity contribution is 6.31. The van der Waals surface area contributed by atoms with E-state index in [1.165, 1.54) is 0 Å². The first-order valence-corrected chi connectivity index (χ1v) is 9.75. The van der Waals surface area contributed by atoms with E-state index in [9.17, 15) is 4.79 Å². The maximum atomic E-state index is 12.5. The third-order valence-corrected chi connectivity index (χ3v) is 4.85. The fourth-order valence-electron chi connectivity index (χ4n) is 3.27. The average Bonchev–Trinajstić information content (AvgIpc) is 2.68. The van der Waals surface area contributed by atoms with Gasteiger partial charge in [-0.1, -0.05) is 23.7 Å². The first-order chi connectivity index (χ1) is 13.5. The van der Waals surface area contributed by atoms with Gasteiger partial charge in [0, 0.05) is 24.2 Å². The third-order valence-electron chi connectivity index (χ3n) is 4.61. The van der Waals surface area contributed by atoms with Gasteiger partial charge in [-0.05, 0) is 49.2 Å². The number of carbonyl (C=O) groups excluding carboxylic acids is 1. The minimum atomic E-state index is -0.257. The lowest BCUT2D eigenvalue weighted by Crippen LogP contribution is -2.39. The molecule has 3 rings (SSSR count). The van der Waals surface area contributed by atoms with Crippen LogP contribution in [0.3, 0.4) is 0 Å². The topological polar surface area (TPSA) is 62.8 Å². The molecule has 1 aliphatic rings. The van der Waals surface area contributed by atoms with Crippen LogP contribution >= 0.6 is 11.6 Å². The van der Waals surface area contributed by atoms with Crippen molar-refractivity contribution >= 4 is 29.0 Å². The molecule has 2 amide bonds. The van der Waals surface area contributed by atoms with Crippen molar-refractivity contribution in [3.05, 3.63) is 53.1 Å². The molecule has 6 nitrogen and oxygen atoms in total. The molecule has 2 aromatic rings. The van der Waals surface area contributed by atoms with Crippen LogP contribution in [0.25, 0.3) is 0 Å². The van der Waals surface area contributed by atoms with Crippen molar-refractivity contribution < 1.29 is 14.3 Å². The average molecular weight is 404 g/mol. The zero-order valence-electron chi connectivity index (χ0n) is 16.2. The van der Waals surface area contributed by atoms with Crippen LogP contribution in [-0.2, 0) is 11.2 Å². The summed E-state index contributed by atoms with van der Waals surface area (Å²) in [5.74, 6) is 0.809. The molecule has 1 fully saturated rings. The minimum Gasteiger partial charge on any atom is -0.497 e. The van der Waals surface area contributed by atoms with Gasteiger partial charge in [-0.2, -0.15) is 0 Å². The Labute approximate surface area is 170 Å². The smallest absolute Gasteiger partial charge is 0.319 e. The first kappa shape index (κ1) is 20.3. The number of methoxy groups -OCH3 is 1. The summed E-state index contributed by atoms with van der Waals surface area (Å²) >= 11 is 6.15. The van der Waals surface area contributed by atoms with Gasteiger partial charge in [0.2, 0.25) is 0 Å². The summed E-state index contributed by atoms with van der Waals surface area (Å²) in [6.07, 6.45) is 0.705. The predicted octanol–water partition coefficient (Wildman–Crippen LogP) is 3.94. The fraction of sp³-hybridized carbons (Fsp3) is 0.381. The number of nitrogens with one attached hydrogen (secondary N) is 2. The highest BCUT2D eigenvalue weighted by Crippen LogP contribution is 2.29. The van der Waals surface area contributed by atoms with Gasteiger partial charge in [0.05, 0.1) is 31.7 Å². The van der Waals surface area contributed by atoms with Gasteiger partial charge >= 0.3 is 6.03 Å². The number of ether oxygens (including phenoxy) is 2. The lowest BCUT2D eigenvalue weighted by molar-refractivity contribution is 0.123. The zero-order chi connectivity index (χ0) is 19.9. The molecule has 1 aliphatic heterocycles. The lowest BCUT2D eigenvalue weighted by atomic mass is 10.1. The summed E-state index contributed by atoms with van der Waals surface area (Å²) in [5.41, 5.74) is 2.74. The number of amides is 2. The van der Waals surface area contributed by atoms with Gasteiger partial charge in [-0.25, -0.2) is 4.79 Å². The van der Waals surface area contributed by atoms with E-state index in [0.29, 0.717) is 30.3 Å². The van der Waals surface area contributed by atoms with Crippen LogP contribution in [0.1, 0.15) is 12.5 Å². The van der Waals surface area contributed by atoms with Gasteiger partial charge in [0.25, 0.3) is 0 Å². The zero-order valence-corrected chi connectivity index (χ0v) is 17.0. The molecule has 1 unspecified atom stereocenters. The maximum absolute atomic E-state index is 12.5. The molecule has 0 aliphatic carbocycles. The second-order valence-corrected chi connectivity index (χ2v) is 7.25. The van der Waals surface area contributed by atoms with E-state index in [-0.39, 0.29) is 12.1 Å². The number of anilines is 2. The number of hydrogen-bond acceptors (Lipinski definition) is 4. The summed E-state index contributed by atoms with van der Waals surface area (Å²) in [6.45, 7) is 4.88. The van der Waals surface area contributed by atoms with Gasteiger partial charge in [-0.15, -0.1) is 0 Å². The summed E-state index contributed by atoms with van der Waals surface area (Å²) in [4.78, 5) is 14.7. The van der Waals surface area contributed by atoms with Crippen molar-refractivity contribution in [1.82, 2.24) is 5.32 Å². The van der Waals surface area contributed by atoms with E-state index >= 15 is 0 Å². The fourth-order valence-corrected chi connectivity index (χ4v) is 3.45. The number of nitrogens with zero attached hydrogens (tertiary/aromatic N) is 1. The molecule has 0 radical (unpaired) electrons. The number of carbonyl (C=O) groups is 1. The number of benzene rings is 2. The second-order valence-electron chi connectivity index (χ2n) is 6.82. The van der Waals surface area contributed by atoms with E-state index in [1.807, 2.05) is 43.3 Å². The Kier molecular flexibility index (Phi) is 7.01. The minimum absolute atomic E-state index is 0.0434. The van der Waals surface area contributed by atoms with E-state index in [4.69, 9.17) is 21.1 Å². The normalized spacial score (nSPS) is 15.0. The third kappa shape index (κ3) is 5.53. The number of urea groups is 1. The molecule has 2 aromatic carbocycles. The molecule has 1 atom stereocenters. The summed E-state index contributed by atoms with van der Waals surface area (Å²) in [6, 6.07) is 13.1. The van der Waals surface area contributed by atoms with Crippen LogP contribution in [0.15, 0.2) is 42.5 Å². The Bertz CT molecular complexity index is 809. The SMILES string of the molecule is COc1cccc(CC(C)NC(=O)Nc2cc(Cl)ccc2N2CCOCC2)c1. The molecule has 28 heavy (non-hydrogen) atoms. The molecule has 1 heterocycles. The van der Waals surface area contributed by atoms with Crippen LogP contribution in [0.5, 0.6) is 5.75 Å². The van der Waals surface area contributed by atoms with E-state index in [0.717, 1.165) is 30.1 Å². The molecule has 2 N–H and O–H groups in total. The van der Waals surface area contributed by atoms with Gasteiger partial charge in [0.1, 0.15) is 5.75 Å². The predicted molar refractivity (Wildman–Crippen MR) is 113 cm³/mol. The molecular formula is C21H26ClN3O3. The maximum Gasteiger partial charge on any atom is 0.319 e. The molecule has 1 saturated heterocycles. The number of hydrogen-bond donors (Lipinski definition) is 2. The number of halogens is 1. The van der Waals surface area contributed by atoms with Crippen LogP contribution in [0.2, 0.25) is 5.02 Å². The van der Waals surface area contributed by atoms with E-state index in [1.54, 1.807) is 13.2 Å². The lowest BCUT2D eigenvalue weighted by Gasteiger charge is -2.30. The summed E-state index contributed by atoms with van der Waals surface area (Å²) in [5, 5.41) is 6.51. The van der Waals surface area contributed by atoms with Crippen LogP contribution in [-0.4, -0.2) is 45.5 Å². The quantitative estimate of drug-likeness (QED) is 0.766. The van der Waals surface area contributed by atoms with Crippen LogP contribution in [0, 0.1) is 0 Å². The highest BCUT2D eigenvalue weighted by atomic mass is 35.5. The molecule has 0 spiro atoms. The van der Waals surface area contributed by atoms with Gasteiger partial charge in [-0.3, -0.25) is 0 Å².